The normalized spacial score (nSPS) is 31.3. The molecule has 1 aromatic heterocycles. The van der Waals surface area contributed by atoms with E-state index in [0.29, 0.717) is 23.9 Å². The highest BCUT2D eigenvalue weighted by Gasteiger charge is 2.40. The van der Waals surface area contributed by atoms with Gasteiger partial charge in [-0.15, -0.1) is 0 Å². The van der Waals surface area contributed by atoms with Gasteiger partial charge in [-0.05, 0) is 73.4 Å². The van der Waals surface area contributed by atoms with Crippen molar-refractivity contribution >= 4 is 21.8 Å². The lowest BCUT2D eigenvalue weighted by Crippen LogP contribution is -2.53. The van der Waals surface area contributed by atoms with E-state index in [1.54, 1.807) is 0 Å². The summed E-state index contributed by atoms with van der Waals surface area (Å²) in [5, 5.41) is 3.33. The topological polar surface area (TPSA) is 60.0 Å². The second kappa shape index (κ2) is 6.36. The number of hydrogen-bond acceptors (Lipinski definition) is 2. The van der Waals surface area contributed by atoms with Crippen LogP contribution in [0.5, 0.6) is 0 Å². The highest BCUT2D eigenvalue weighted by atomic mass is 79.9. The molecule has 2 bridgehead atoms. The van der Waals surface area contributed by atoms with Gasteiger partial charge in [-0.3, -0.25) is 4.79 Å². The number of rotatable bonds is 3. The van der Waals surface area contributed by atoms with Crippen molar-refractivity contribution in [1.29, 1.82) is 0 Å². The number of nitrogens with zero attached hydrogens (tertiary/aromatic N) is 1. The Morgan fingerprint density at radius 2 is 2.00 bits per heavy atom. The summed E-state index contributed by atoms with van der Waals surface area (Å²) in [6.07, 6.45) is 7.76. The fourth-order valence-electron chi connectivity index (χ4n) is 4.31. The molecule has 0 spiro atoms. The summed E-state index contributed by atoms with van der Waals surface area (Å²) in [6.45, 7) is 4.19. The van der Waals surface area contributed by atoms with E-state index < -0.39 is 0 Å². The number of hydrogen-bond donors (Lipinski definition) is 2. The fraction of sp³-hybridized carbons (Fsp3) is 0.706. The van der Waals surface area contributed by atoms with E-state index >= 15 is 0 Å². The molecule has 4 nitrogen and oxygen atoms in total. The number of halogens is 1. The lowest BCUT2D eigenvalue weighted by atomic mass is 9.67. The molecule has 3 N–H and O–H groups in total. The molecule has 122 valence electrons. The molecule has 1 heterocycles. The van der Waals surface area contributed by atoms with E-state index in [-0.39, 0.29) is 11.9 Å². The average molecular weight is 368 g/mol. The Labute approximate surface area is 141 Å². The summed E-state index contributed by atoms with van der Waals surface area (Å²) in [7, 11) is 0. The van der Waals surface area contributed by atoms with Crippen molar-refractivity contribution < 1.29 is 4.79 Å². The van der Waals surface area contributed by atoms with Crippen LogP contribution in [-0.2, 0) is 0 Å². The molecule has 2 aliphatic rings. The SMILES string of the molecule is CC(C)n1cc(Br)cc1C(=O)NC1C2CCCC1CC(N)C2. The van der Waals surface area contributed by atoms with Crippen LogP contribution in [0.4, 0.5) is 0 Å². The number of nitrogens with one attached hydrogen (secondary N) is 1. The molecule has 1 aromatic rings. The quantitative estimate of drug-likeness (QED) is 0.858. The Morgan fingerprint density at radius 1 is 1.36 bits per heavy atom. The van der Waals surface area contributed by atoms with Gasteiger partial charge in [-0.1, -0.05) is 6.42 Å². The molecule has 5 heteroatoms. The third-order valence-corrected chi connectivity index (χ3v) is 5.71. The maximum atomic E-state index is 12.8. The molecule has 0 aliphatic heterocycles. The predicted octanol–water partition coefficient (Wildman–Crippen LogP) is 3.47. The average Bonchev–Trinajstić information content (AvgIpc) is 2.82. The van der Waals surface area contributed by atoms with Gasteiger partial charge >= 0.3 is 0 Å². The smallest absolute Gasteiger partial charge is 0.268 e. The molecule has 2 saturated carbocycles. The molecule has 1 amide bonds. The molecule has 22 heavy (non-hydrogen) atoms. The van der Waals surface area contributed by atoms with Gasteiger partial charge in [0.25, 0.3) is 5.91 Å². The second-order valence-corrected chi connectivity index (χ2v) is 8.14. The van der Waals surface area contributed by atoms with Crippen LogP contribution in [0.3, 0.4) is 0 Å². The summed E-state index contributed by atoms with van der Waals surface area (Å²) in [5.74, 6) is 1.16. The number of aromatic nitrogens is 1. The van der Waals surface area contributed by atoms with Gasteiger partial charge in [0.2, 0.25) is 0 Å². The van der Waals surface area contributed by atoms with Gasteiger partial charge in [0.1, 0.15) is 5.69 Å². The Hall–Kier alpha value is -0.810. The lowest BCUT2D eigenvalue weighted by Gasteiger charge is -2.45. The van der Waals surface area contributed by atoms with Crippen LogP contribution < -0.4 is 11.1 Å². The summed E-state index contributed by atoms with van der Waals surface area (Å²) >= 11 is 3.48. The van der Waals surface area contributed by atoms with Crippen molar-refractivity contribution in [3.63, 3.8) is 0 Å². The van der Waals surface area contributed by atoms with Crippen LogP contribution in [0.2, 0.25) is 0 Å². The Balaban J connectivity index is 1.77. The minimum Gasteiger partial charge on any atom is -0.347 e. The molecular weight excluding hydrogens is 342 g/mol. The molecule has 2 unspecified atom stereocenters. The van der Waals surface area contributed by atoms with Crippen LogP contribution in [0.15, 0.2) is 16.7 Å². The highest BCUT2D eigenvalue weighted by molar-refractivity contribution is 9.10. The number of fused-ring (bicyclic) bond motifs is 2. The number of carbonyl (C=O) groups is 1. The summed E-state index contributed by atoms with van der Waals surface area (Å²) < 4.78 is 2.99. The van der Waals surface area contributed by atoms with Gasteiger partial charge in [-0.2, -0.15) is 0 Å². The van der Waals surface area contributed by atoms with Crippen molar-refractivity contribution in [2.45, 2.75) is 64.1 Å². The molecule has 2 fully saturated rings. The van der Waals surface area contributed by atoms with E-state index in [2.05, 4.69) is 35.1 Å². The number of nitrogens with two attached hydrogens (primary N) is 1. The van der Waals surface area contributed by atoms with Crippen LogP contribution in [-0.4, -0.2) is 22.6 Å². The molecule has 3 rings (SSSR count). The highest BCUT2D eigenvalue weighted by Crippen LogP contribution is 2.39. The molecule has 2 aliphatic carbocycles. The van der Waals surface area contributed by atoms with Crippen molar-refractivity contribution in [2.24, 2.45) is 17.6 Å². The van der Waals surface area contributed by atoms with Gasteiger partial charge in [0.05, 0.1) is 0 Å². The molecular formula is C17H26BrN3O. The minimum atomic E-state index is 0.0526. The predicted molar refractivity (Wildman–Crippen MR) is 91.8 cm³/mol. The van der Waals surface area contributed by atoms with Gasteiger partial charge in [0.15, 0.2) is 0 Å². The molecule has 0 radical (unpaired) electrons. The first kappa shape index (κ1) is 16.1. The molecule has 0 saturated heterocycles. The van der Waals surface area contributed by atoms with Gasteiger partial charge in [-0.25, -0.2) is 0 Å². The maximum Gasteiger partial charge on any atom is 0.268 e. The zero-order valence-corrected chi connectivity index (χ0v) is 15.0. The summed E-state index contributed by atoms with van der Waals surface area (Å²) in [5.41, 5.74) is 6.92. The van der Waals surface area contributed by atoms with Crippen molar-refractivity contribution in [2.75, 3.05) is 0 Å². The third kappa shape index (κ3) is 3.11. The Bertz CT molecular complexity index is 540. The van der Waals surface area contributed by atoms with E-state index in [1.807, 2.05) is 16.8 Å². The van der Waals surface area contributed by atoms with Crippen molar-refractivity contribution in [3.8, 4) is 0 Å². The monoisotopic (exact) mass is 367 g/mol. The minimum absolute atomic E-state index is 0.0526. The second-order valence-electron chi connectivity index (χ2n) is 7.23. The summed E-state index contributed by atoms with van der Waals surface area (Å²) in [6, 6.07) is 2.80. The van der Waals surface area contributed by atoms with E-state index in [0.717, 1.165) is 23.0 Å². The molecule has 0 aromatic carbocycles. The first-order valence-electron chi connectivity index (χ1n) is 8.39. The zero-order valence-electron chi connectivity index (χ0n) is 13.4. The van der Waals surface area contributed by atoms with Gasteiger partial charge < -0.3 is 15.6 Å². The van der Waals surface area contributed by atoms with Crippen molar-refractivity contribution in [1.82, 2.24) is 9.88 Å². The van der Waals surface area contributed by atoms with Crippen LogP contribution in [0.25, 0.3) is 0 Å². The Kier molecular flexibility index (Phi) is 4.64. The van der Waals surface area contributed by atoms with E-state index in [9.17, 15) is 4.79 Å². The van der Waals surface area contributed by atoms with Crippen molar-refractivity contribution in [3.05, 3.63) is 22.4 Å². The first-order chi connectivity index (χ1) is 10.5. The maximum absolute atomic E-state index is 12.8. The fourth-order valence-corrected chi connectivity index (χ4v) is 4.74. The Morgan fingerprint density at radius 3 is 2.59 bits per heavy atom. The van der Waals surface area contributed by atoms with E-state index in [1.165, 1.54) is 19.3 Å². The third-order valence-electron chi connectivity index (χ3n) is 5.28. The lowest BCUT2D eigenvalue weighted by molar-refractivity contribution is 0.0747. The van der Waals surface area contributed by atoms with Crippen LogP contribution in [0, 0.1) is 11.8 Å². The van der Waals surface area contributed by atoms with Crippen LogP contribution in [0.1, 0.15) is 62.5 Å². The number of carbonyl (C=O) groups excluding carboxylic acids is 1. The first-order valence-corrected chi connectivity index (χ1v) is 9.19. The number of amides is 1. The van der Waals surface area contributed by atoms with E-state index in [4.69, 9.17) is 5.73 Å². The van der Waals surface area contributed by atoms with Crippen LogP contribution >= 0.6 is 15.9 Å². The molecule has 2 atom stereocenters. The summed E-state index contributed by atoms with van der Waals surface area (Å²) in [4.78, 5) is 12.8. The largest absolute Gasteiger partial charge is 0.347 e. The standard InChI is InChI=1S/C17H26BrN3O/c1-10(2)21-9-13(18)8-15(21)17(22)20-16-11-4-3-5-12(16)7-14(19)6-11/h8-12,14,16H,3-7,19H2,1-2H3,(H,20,22). The van der Waals surface area contributed by atoms with Gasteiger partial charge in [0, 0.05) is 28.8 Å². The zero-order chi connectivity index (χ0) is 15.9.